The van der Waals surface area contributed by atoms with Crippen LogP contribution in [0.3, 0.4) is 0 Å². The number of amides is 1. The minimum absolute atomic E-state index is 0.0768. The number of carbonyl (C=O) groups is 1. The Balaban J connectivity index is 1.57. The van der Waals surface area contributed by atoms with Crippen molar-refractivity contribution < 1.29 is 9.53 Å². The van der Waals surface area contributed by atoms with Gasteiger partial charge in [0.1, 0.15) is 11.4 Å². The molecule has 4 heterocycles. The van der Waals surface area contributed by atoms with Gasteiger partial charge in [0.05, 0.1) is 12.1 Å². The maximum atomic E-state index is 14.1. The van der Waals surface area contributed by atoms with E-state index in [-0.39, 0.29) is 12.6 Å². The van der Waals surface area contributed by atoms with Crippen LogP contribution in [0.25, 0.3) is 22.1 Å². The largest absolute Gasteiger partial charge is 0.444 e. The lowest BCUT2D eigenvalue weighted by molar-refractivity contribution is 0.0499. The van der Waals surface area contributed by atoms with E-state index >= 15 is 0 Å². The molecule has 43 heavy (non-hydrogen) atoms. The highest BCUT2D eigenvalue weighted by Crippen LogP contribution is 2.24. The Bertz CT molecular complexity index is 1850. The van der Waals surface area contributed by atoms with Crippen LogP contribution >= 0.6 is 15.9 Å². The van der Waals surface area contributed by atoms with Crippen LogP contribution in [0, 0.1) is 6.92 Å². The second kappa shape index (κ2) is 11.9. The van der Waals surface area contributed by atoms with Crippen LogP contribution in [0.1, 0.15) is 52.1 Å². The number of nitrogens with zero attached hydrogens (tertiary/aromatic N) is 7. The maximum Gasteiger partial charge on any atom is 0.407 e. The van der Waals surface area contributed by atoms with Gasteiger partial charge in [0.25, 0.3) is 5.56 Å². The van der Waals surface area contributed by atoms with Gasteiger partial charge < -0.3 is 19.5 Å². The summed E-state index contributed by atoms with van der Waals surface area (Å²) in [6.45, 7) is 10.7. The van der Waals surface area contributed by atoms with Crippen molar-refractivity contribution in [2.24, 2.45) is 7.05 Å². The summed E-state index contributed by atoms with van der Waals surface area (Å²) < 4.78 is 10.8. The van der Waals surface area contributed by atoms with Gasteiger partial charge >= 0.3 is 11.8 Å². The molecule has 1 aromatic carbocycles. The number of para-hydroxylation sites is 1. The highest BCUT2D eigenvalue weighted by atomic mass is 79.9. The fourth-order valence-electron chi connectivity index (χ4n) is 5.39. The molecule has 5 rings (SSSR count). The monoisotopic (exact) mass is 652 g/mol. The standard InChI is InChI=1S/C30H37BrN8O4/c1-18(31)13-15-38-24-25(35-27(38)37-14-9-10-20(16-37)33-28(41)43-30(3,4)5)36(6)29(42)39(26(24)40)17-23-32-19(2)21-11-7-8-12-22(21)34-23/h7-8,11-13,20H,9-10,14-17H2,1-6H3,(H,33,41). The lowest BCUT2D eigenvalue weighted by atomic mass is 10.1. The van der Waals surface area contributed by atoms with E-state index in [2.05, 4.69) is 31.2 Å². The number of anilines is 1. The van der Waals surface area contributed by atoms with Gasteiger partial charge in [-0.1, -0.05) is 40.2 Å². The molecule has 1 N–H and O–H groups in total. The van der Waals surface area contributed by atoms with Crippen molar-refractivity contribution >= 4 is 50.0 Å². The number of alkyl carbamates (subject to hydrolysis) is 1. The number of hydrogen-bond donors (Lipinski definition) is 1. The summed E-state index contributed by atoms with van der Waals surface area (Å²) in [6.07, 6.45) is 3.06. The number of ether oxygens (including phenoxy) is 1. The molecule has 0 saturated carbocycles. The maximum absolute atomic E-state index is 14.1. The van der Waals surface area contributed by atoms with Crippen molar-refractivity contribution in [3.63, 3.8) is 0 Å². The zero-order valence-electron chi connectivity index (χ0n) is 25.3. The summed E-state index contributed by atoms with van der Waals surface area (Å²) >= 11 is 3.49. The molecule has 13 heteroatoms. The molecule has 1 amide bonds. The number of carbonyl (C=O) groups excluding carboxylic acids is 1. The number of fused-ring (bicyclic) bond motifs is 2. The SMILES string of the molecule is CC(Br)=CCn1c(N2CCCC(NC(=O)OC(C)(C)C)C2)nc2c1c(=O)n(Cc1nc(C)c3ccccc3n1)c(=O)n2C. The van der Waals surface area contributed by atoms with Crippen molar-refractivity contribution in [2.45, 2.75) is 72.2 Å². The predicted octanol–water partition coefficient (Wildman–Crippen LogP) is 3.99. The first-order chi connectivity index (χ1) is 20.3. The molecule has 0 spiro atoms. The molecule has 1 unspecified atom stereocenters. The third-order valence-corrected chi connectivity index (χ3v) is 7.66. The van der Waals surface area contributed by atoms with Gasteiger partial charge in [-0.2, -0.15) is 4.98 Å². The van der Waals surface area contributed by atoms with E-state index < -0.39 is 22.9 Å². The first kappa shape index (κ1) is 30.5. The first-order valence-corrected chi connectivity index (χ1v) is 15.1. The molecular weight excluding hydrogens is 616 g/mol. The molecule has 3 aromatic heterocycles. The van der Waals surface area contributed by atoms with Gasteiger partial charge in [0.2, 0.25) is 5.95 Å². The fourth-order valence-corrected chi connectivity index (χ4v) is 5.53. The molecule has 0 bridgehead atoms. The molecule has 12 nitrogen and oxygen atoms in total. The molecule has 0 aliphatic carbocycles. The van der Waals surface area contributed by atoms with Crippen molar-refractivity contribution in [3.05, 3.63) is 67.2 Å². The quantitative estimate of drug-likeness (QED) is 0.331. The number of rotatable bonds is 6. The van der Waals surface area contributed by atoms with Crippen molar-refractivity contribution in [1.29, 1.82) is 0 Å². The Kier molecular flexibility index (Phi) is 8.46. The van der Waals surface area contributed by atoms with E-state index in [1.807, 2.05) is 74.4 Å². The predicted molar refractivity (Wildman–Crippen MR) is 170 cm³/mol. The Labute approximate surface area is 257 Å². The van der Waals surface area contributed by atoms with E-state index in [1.54, 1.807) is 7.05 Å². The van der Waals surface area contributed by atoms with Crippen LogP contribution < -0.4 is 21.5 Å². The average Bonchev–Trinajstić information content (AvgIpc) is 3.32. The number of allylic oxidation sites excluding steroid dienone is 2. The van der Waals surface area contributed by atoms with Crippen molar-refractivity contribution in [2.75, 3.05) is 18.0 Å². The molecule has 228 valence electrons. The van der Waals surface area contributed by atoms with E-state index in [9.17, 15) is 14.4 Å². The number of nitrogens with one attached hydrogen (secondary N) is 1. The summed E-state index contributed by atoms with van der Waals surface area (Å²) in [4.78, 5) is 56.2. The van der Waals surface area contributed by atoms with Gasteiger partial charge in [-0.3, -0.25) is 13.9 Å². The highest BCUT2D eigenvalue weighted by molar-refractivity contribution is 9.11. The van der Waals surface area contributed by atoms with E-state index in [0.29, 0.717) is 42.6 Å². The van der Waals surface area contributed by atoms with Gasteiger partial charge in [0, 0.05) is 43.8 Å². The van der Waals surface area contributed by atoms with Gasteiger partial charge in [0.15, 0.2) is 11.2 Å². The van der Waals surface area contributed by atoms with Crippen LogP contribution in [0.4, 0.5) is 10.7 Å². The van der Waals surface area contributed by atoms with E-state index in [4.69, 9.17) is 9.72 Å². The fraction of sp³-hybridized carbons (Fsp3) is 0.467. The summed E-state index contributed by atoms with van der Waals surface area (Å²) in [5.41, 5.74) is 0.553. The number of aromatic nitrogens is 6. The number of halogens is 1. The molecule has 1 fully saturated rings. The lowest BCUT2D eigenvalue weighted by Crippen LogP contribution is -2.49. The van der Waals surface area contributed by atoms with Crippen LogP contribution in [-0.2, 0) is 24.9 Å². The number of imidazole rings is 1. The highest BCUT2D eigenvalue weighted by Gasteiger charge is 2.29. The molecule has 1 saturated heterocycles. The third kappa shape index (κ3) is 6.51. The van der Waals surface area contributed by atoms with Crippen molar-refractivity contribution in [1.82, 2.24) is 34.0 Å². The van der Waals surface area contributed by atoms with Crippen LogP contribution in [0.15, 0.2) is 44.4 Å². The number of aryl methyl sites for hydroxylation is 2. The molecule has 1 aliphatic heterocycles. The Morgan fingerprint density at radius 3 is 2.63 bits per heavy atom. The second-order valence-electron chi connectivity index (χ2n) is 11.9. The van der Waals surface area contributed by atoms with E-state index in [1.165, 1.54) is 9.13 Å². The summed E-state index contributed by atoms with van der Waals surface area (Å²) in [5.74, 6) is 0.933. The molecular formula is C30H37BrN8O4. The summed E-state index contributed by atoms with van der Waals surface area (Å²) in [6, 6.07) is 7.48. The smallest absolute Gasteiger partial charge is 0.407 e. The minimum atomic E-state index is -0.604. The van der Waals surface area contributed by atoms with Crippen molar-refractivity contribution in [3.8, 4) is 0 Å². The lowest BCUT2D eigenvalue weighted by Gasteiger charge is -2.34. The Morgan fingerprint density at radius 2 is 1.91 bits per heavy atom. The summed E-state index contributed by atoms with van der Waals surface area (Å²) in [5, 5.41) is 3.89. The van der Waals surface area contributed by atoms with Crippen LogP contribution in [-0.4, -0.2) is 59.5 Å². The molecule has 1 aliphatic rings. The Hall–Kier alpha value is -4.00. The average molecular weight is 654 g/mol. The van der Waals surface area contributed by atoms with Crippen LogP contribution in [0.5, 0.6) is 0 Å². The van der Waals surface area contributed by atoms with Gasteiger partial charge in [-0.05, 0) is 58.0 Å². The topological polar surface area (TPSA) is 129 Å². The first-order valence-electron chi connectivity index (χ1n) is 14.3. The zero-order valence-corrected chi connectivity index (χ0v) is 26.9. The van der Waals surface area contributed by atoms with Gasteiger partial charge in [-0.25, -0.2) is 19.6 Å². The normalized spacial score (nSPS) is 16.2. The zero-order chi connectivity index (χ0) is 31.1. The third-order valence-electron chi connectivity index (χ3n) is 7.33. The summed E-state index contributed by atoms with van der Waals surface area (Å²) in [7, 11) is 1.61. The number of hydrogen-bond acceptors (Lipinski definition) is 8. The van der Waals surface area contributed by atoms with E-state index in [0.717, 1.165) is 33.9 Å². The second-order valence-corrected chi connectivity index (χ2v) is 13.1. The van der Waals surface area contributed by atoms with Gasteiger partial charge in [-0.15, -0.1) is 0 Å². The molecule has 1 atom stereocenters. The molecule has 0 radical (unpaired) electrons. The Morgan fingerprint density at radius 1 is 1.16 bits per heavy atom. The minimum Gasteiger partial charge on any atom is -0.444 e. The van der Waals surface area contributed by atoms with Crippen LogP contribution in [0.2, 0.25) is 0 Å². The molecule has 4 aromatic rings. The number of benzene rings is 1. The number of piperidine rings is 1.